The number of aryl methyl sites for hydroxylation is 1. The second-order valence-corrected chi connectivity index (χ2v) is 8.10. The van der Waals surface area contributed by atoms with E-state index in [4.69, 9.17) is 11.6 Å². The normalized spacial score (nSPS) is 12.9. The summed E-state index contributed by atoms with van der Waals surface area (Å²) in [6.07, 6.45) is 1.83. The van der Waals surface area contributed by atoms with Crippen LogP contribution < -0.4 is 4.72 Å². The highest BCUT2D eigenvalue weighted by molar-refractivity contribution is 7.89. The van der Waals surface area contributed by atoms with Gasteiger partial charge in [0.25, 0.3) is 0 Å². The minimum Gasteiger partial charge on any atom is -0.364 e. The van der Waals surface area contributed by atoms with Crippen LogP contribution in [0.2, 0.25) is 5.02 Å². The third kappa shape index (κ3) is 4.31. The first-order chi connectivity index (χ1) is 12.0. The largest absolute Gasteiger partial charge is 0.364 e. The average Bonchev–Trinajstić information content (AvgIpc) is 3.11. The summed E-state index contributed by atoms with van der Waals surface area (Å²) in [5, 5.41) is 0.647. The molecule has 3 aromatic rings. The van der Waals surface area contributed by atoms with Gasteiger partial charge in [0, 0.05) is 29.4 Å². The number of aromatic amines is 1. The van der Waals surface area contributed by atoms with Gasteiger partial charge in [0.1, 0.15) is 0 Å². The fourth-order valence-electron chi connectivity index (χ4n) is 2.66. The molecule has 1 heterocycles. The molecule has 1 aromatic heterocycles. The van der Waals surface area contributed by atoms with Crippen molar-refractivity contribution in [1.82, 2.24) is 9.71 Å². The molecule has 0 amide bonds. The maximum atomic E-state index is 12.6. The first kappa shape index (κ1) is 17.7. The van der Waals surface area contributed by atoms with Crippen molar-refractivity contribution in [2.45, 2.75) is 17.7 Å². The van der Waals surface area contributed by atoms with E-state index in [1.165, 1.54) is 0 Å². The van der Waals surface area contributed by atoms with E-state index in [9.17, 15) is 8.42 Å². The van der Waals surface area contributed by atoms with Gasteiger partial charge in [-0.05, 0) is 48.9 Å². The molecule has 0 aliphatic carbocycles. The van der Waals surface area contributed by atoms with Crippen LogP contribution in [0, 0.1) is 6.92 Å². The molecule has 0 saturated heterocycles. The Hall–Kier alpha value is -2.08. The van der Waals surface area contributed by atoms with Gasteiger partial charge in [0.05, 0.1) is 4.90 Å². The molecule has 0 radical (unpaired) electrons. The summed E-state index contributed by atoms with van der Waals surface area (Å²) in [7, 11) is -3.57. The quantitative estimate of drug-likeness (QED) is 0.682. The van der Waals surface area contributed by atoms with Crippen LogP contribution >= 0.6 is 11.6 Å². The van der Waals surface area contributed by atoms with E-state index in [0.29, 0.717) is 5.02 Å². The zero-order chi connectivity index (χ0) is 17.9. The lowest BCUT2D eigenvalue weighted by Crippen LogP contribution is -2.29. The van der Waals surface area contributed by atoms with Crippen molar-refractivity contribution >= 4 is 21.6 Å². The van der Waals surface area contributed by atoms with Crippen LogP contribution in [0.3, 0.4) is 0 Å². The monoisotopic (exact) mass is 374 g/mol. The Bertz CT molecular complexity index is 919. The Morgan fingerprint density at radius 1 is 1.04 bits per heavy atom. The molecule has 3 rings (SSSR count). The highest BCUT2D eigenvalue weighted by Gasteiger charge is 2.20. The van der Waals surface area contributed by atoms with Gasteiger partial charge in [0.2, 0.25) is 10.0 Å². The van der Waals surface area contributed by atoms with Crippen molar-refractivity contribution < 1.29 is 8.42 Å². The van der Waals surface area contributed by atoms with Gasteiger partial charge >= 0.3 is 0 Å². The van der Waals surface area contributed by atoms with Crippen molar-refractivity contribution in [2.24, 2.45) is 0 Å². The van der Waals surface area contributed by atoms with E-state index in [2.05, 4.69) is 9.71 Å². The SMILES string of the molecule is Cc1ccc(S(=O)(=O)NCC(c2ccc(Cl)cc2)c2ccc[nH]2)cc1. The van der Waals surface area contributed by atoms with Crippen LogP contribution in [-0.4, -0.2) is 19.9 Å². The molecule has 130 valence electrons. The first-order valence-corrected chi connectivity index (χ1v) is 9.77. The lowest BCUT2D eigenvalue weighted by atomic mass is 9.96. The molecule has 0 saturated carbocycles. The molecule has 0 bridgehead atoms. The van der Waals surface area contributed by atoms with Crippen molar-refractivity contribution in [3.05, 3.63) is 88.7 Å². The summed E-state index contributed by atoms with van der Waals surface area (Å²) in [6.45, 7) is 2.17. The van der Waals surface area contributed by atoms with Gasteiger partial charge in [-0.1, -0.05) is 41.4 Å². The molecule has 0 spiro atoms. The summed E-state index contributed by atoms with van der Waals surface area (Å²) in [6, 6.07) is 18.1. The molecule has 0 aliphatic heterocycles. The molecule has 2 N–H and O–H groups in total. The predicted octanol–water partition coefficient (Wildman–Crippen LogP) is 4.09. The Morgan fingerprint density at radius 3 is 2.32 bits per heavy atom. The molecular formula is C19H19ClN2O2S. The summed E-state index contributed by atoms with van der Waals surface area (Å²) in [5.74, 6) is -0.132. The molecular weight excluding hydrogens is 356 g/mol. The number of hydrogen-bond acceptors (Lipinski definition) is 2. The topological polar surface area (TPSA) is 62.0 Å². The van der Waals surface area contributed by atoms with E-state index in [1.54, 1.807) is 36.4 Å². The second-order valence-electron chi connectivity index (χ2n) is 5.89. The third-order valence-corrected chi connectivity index (χ3v) is 5.77. The van der Waals surface area contributed by atoms with E-state index >= 15 is 0 Å². The van der Waals surface area contributed by atoms with Crippen LogP contribution in [-0.2, 0) is 10.0 Å². The molecule has 1 atom stereocenters. The van der Waals surface area contributed by atoms with E-state index in [1.807, 2.05) is 37.4 Å². The standard InChI is InChI=1S/C19H19ClN2O2S/c1-14-4-10-17(11-5-14)25(23,24)22-13-18(19-3-2-12-21-19)15-6-8-16(20)9-7-15/h2-12,18,21-22H,13H2,1H3. The van der Waals surface area contributed by atoms with Crippen LogP contribution in [0.4, 0.5) is 0 Å². The smallest absolute Gasteiger partial charge is 0.240 e. The van der Waals surface area contributed by atoms with Gasteiger partial charge in [-0.3, -0.25) is 0 Å². The second kappa shape index (κ2) is 7.44. The van der Waals surface area contributed by atoms with Gasteiger partial charge in [0.15, 0.2) is 0 Å². The summed E-state index contributed by atoms with van der Waals surface area (Å²) >= 11 is 5.96. The number of nitrogens with one attached hydrogen (secondary N) is 2. The third-order valence-electron chi connectivity index (χ3n) is 4.08. The van der Waals surface area contributed by atoms with Crippen molar-refractivity contribution in [2.75, 3.05) is 6.54 Å². The zero-order valence-corrected chi connectivity index (χ0v) is 15.3. The highest BCUT2D eigenvalue weighted by atomic mass is 35.5. The number of aromatic nitrogens is 1. The van der Waals surface area contributed by atoms with Crippen LogP contribution in [0.1, 0.15) is 22.7 Å². The fourth-order valence-corrected chi connectivity index (χ4v) is 3.83. The molecule has 0 fully saturated rings. The number of hydrogen-bond donors (Lipinski definition) is 2. The maximum absolute atomic E-state index is 12.6. The Morgan fingerprint density at radius 2 is 1.72 bits per heavy atom. The van der Waals surface area contributed by atoms with Gasteiger partial charge in [-0.2, -0.15) is 0 Å². The van der Waals surface area contributed by atoms with Crippen LogP contribution in [0.5, 0.6) is 0 Å². The molecule has 1 unspecified atom stereocenters. The summed E-state index contributed by atoms with van der Waals surface area (Å²) in [4.78, 5) is 3.43. The Kier molecular flexibility index (Phi) is 5.27. The summed E-state index contributed by atoms with van der Waals surface area (Å²) < 4.78 is 27.8. The Labute approximate surface area is 152 Å². The van der Waals surface area contributed by atoms with Crippen molar-refractivity contribution in [3.8, 4) is 0 Å². The number of rotatable bonds is 6. The number of halogens is 1. The number of benzene rings is 2. The Balaban J connectivity index is 1.83. The van der Waals surface area contributed by atoms with Gasteiger partial charge in [-0.25, -0.2) is 13.1 Å². The van der Waals surface area contributed by atoms with E-state index in [0.717, 1.165) is 16.8 Å². The molecule has 6 heteroatoms. The zero-order valence-electron chi connectivity index (χ0n) is 13.7. The molecule has 2 aromatic carbocycles. The molecule has 0 aliphatic rings. The predicted molar refractivity (Wildman–Crippen MR) is 100 cm³/mol. The minimum absolute atomic E-state index is 0.132. The molecule has 25 heavy (non-hydrogen) atoms. The van der Waals surface area contributed by atoms with Crippen LogP contribution in [0.15, 0.2) is 71.8 Å². The van der Waals surface area contributed by atoms with E-state index in [-0.39, 0.29) is 17.4 Å². The van der Waals surface area contributed by atoms with E-state index < -0.39 is 10.0 Å². The van der Waals surface area contributed by atoms with Crippen LogP contribution in [0.25, 0.3) is 0 Å². The van der Waals surface area contributed by atoms with Crippen molar-refractivity contribution in [3.63, 3.8) is 0 Å². The molecule has 4 nitrogen and oxygen atoms in total. The van der Waals surface area contributed by atoms with Gasteiger partial charge in [-0.15, -0.1) is 0 Å². The average molecular weight is 375 g/mol. The van der Waals surface area contributed by atoms with Gasteiger partial charge < -0.3 is 4.98 Å². The fraction of sp³-hybridized carbons (Fsp3) is 0.158. The lowest BCUT2D eigenvalue weighted by Gasteiger charge is -2.17. The van der Waals surface area contributed by atoms with Crippen molar-refractivity contribution in [1.29, 1.82) is 0 Å². The highest BCUT2D eigenvalue weighted by Crippen LogP contribution is 2.25. The number of sulfonamides is 1. The summed E-state index contributed by atoms with van der Waals surface area (Å²) in [5.41, 5.74) is 2.94. The first-order valence-electron chi connectivity index (χ1n) is 7.91. The lowest BCUT2D eigenvalue weighted by molar-refractivity contribution is 0.577. The number of H-pyrrole nitrogens is 1. The maximum Gasteiger partial charge on any atom is 0.240 e. The minimum atomic E-state index is -3.57.